The number of halogens is 3. The maximum Gasteiger partial charge on any atom is 0.191 e. The number of rotatable bonds is 7. The molecule has 2 fully saturated rings. The lowest BCUT2D eigenvalue weighted by Gasteiger charge is -2.10. The number of alkyl halides is 2. The molecule has 8 heteroatoms. The molecule has 0 aliphatic heterocycles. The van der Waals surface area contributed by atoms with Gasteiger partial charge in [-0.25, -0.2) is 0 Å². The first kappa shape index (κ1) is 16.8. The Morgan fingerprint density at radius 1 is 1.25 bits per heavy atom. The van der Waals surface area contributed by atoms with Gasteiger partial charge in [0.25, 0.3) is 0 Å². The molecule has 2 saturated carbocycles. The molecular weight excluding hydrogens is 389 g/mol. The first-order chi connectivity index (χ1) is 11.5. The fourth-order valence-corrected chi connectivity index (χ4v) is 4.68. The summed E-state index contributed by atoms with van der Waals surface area (Å²) < 4.78 is 7.46. The van der Waals surface area contributed by atoms with Crippen LogP contribution in [0.25, 0.3) is 0 Å². The molecular formula is C16H16Cl3N3OS. The number of hydrogen-bond donors (Lipinski definition) is 0. The van der Waals surface area contributed by atoms with Gasteiger partial charge >= 0.3 is 0 Å². The lowest BCUT2D eigenvalue weighted by molar-refractivity contribution is 0.288. The summed E-state index contributed by atoms with van der Waals surface area (Å²) in [7, 11) is 0. The molecule has 0 radical (unpaired) electrons. The Labute approximate surface area is 159 Å². The van der Waals surface area contributed by atoms with E-state index < -0.39 is 4.33 Å². The Kier molecular flexibility index (Phi) is 4.63. The minimum Gasteiger partial charge on any atom is -0.484 e. The van der Waals surface area contributed by atoms with Gasteiger partial charge in [0.05, 0.1) is 5.02 Å². The Bertz CT molecular complexity index is 748. The second-order valence-corrected chi connectivity index (χ2v) is 9.13. The summed E-state index contributed by atoms with van der Waals surface area (Å²) >= 11 is 20.0. The summed E-state index contributed by atoms with van der Waals surface area (Å²) in [5, 5.41) is 10.2. The van der Waals surface area contributed by atoms with Crippen LogP contribution >= 0.6 is 46.6 Å². The highest BCUT2D eigenvalue weighted by atomic mass is 35.5. The van der Waals surface area contributed by atoms with E-state index in [2.05, 4.69) is 14.8 Å². The van der Waals surface area contributed by atoms with E-state index in [4.69, 9.17) is 39.5 Å². The number of hydrogen-bond acceptors (Lipinski definition) is 4. The number of para-hydroxylation sites is 1. The van der Waals surface area contributed by atoms with Gasteiger partial charge in [-0.3, -0.25) is 0 Å². The van der Waals surface area contributed by atoms with Gasteiger partial charge in [0, 0.05) is 17.7 Å². The zero-order chi connectivity index (χ0) is 16.7. The lowest BCUT2D eigenvalue weighted by atomic mass is 10.3. The second kappa shape index (κ2) is 6.60. The maximum absolute atomic E-state index is 6.13. The molecule has 1 atom stereocenters. The van der Waals surface area contributed by atoms with Gasteiger partial charge < -0.3 is 9.30 Å². The quantitative estimate of drug-likeness (QED) is 0.473. The number of aromatic nitrogens is 3. The van der Waals surface area contributed by atoms with Crippen LogP contribution < -0.4 is 4.74 Å². The molecule has 4 rings (SSSR count). The van der Waals surface area contributed by atoms with Crippen molar-refractivity contribution in [3.63, 3.8) is 0 Å². The average molecular weight is 405 g/mol. The summed E-state index contributed by atoms with van der Waals surface area (Å²) in [6.45, 7) is 0.353. The topological polar surface area (TPSA) is 39.9 Å². The Morgan fingerprint density at radius 3 is 2.67 bits per heavy atom. The van der Waals surface area contributed by atoms with Crippen LogP contribution in [0.2, 0.25) is 5.02 Å². The average Bonchev–Trinajstić information content (AvgIpc) is 3.45. The van der Waals surface area contributed by atoms with Crippen LogP contribution in [0.1, 0.15) is 31.1 Å². The van der Waals surface area contributed by atoms with Gasteiger partial charge in [0.15, 0.2) is 11.0 Å². The monoisotopic (exact) mass is 403 g/mol. The summed E-state index contributed by atoms with van der Waals surface area (Å²) in [5.41, 5.74) is 0. The number of benzene rings is 1. The van der Waals surface area contributed by atoms with Crippen molar-refractivity contribution in [2.24, 2.45) is 5.92 Å². The van der Waals surface area contributed by atoms with Gasteiger partial charge in [-0.05, 0) is 31.4 Å². The van der Waals surface area contributed by atoms with E-state index in [-0.39, 0.29) is 0 Å². The van der Waals surface area contributed by atoms with E-state index in [1.165, 1.54) is 0 Å². The molecule has 1 aromatic heterocycles. The molecule has 1 heterocycles. The fourth-order valence-electron chi connectivity index (χ4n) is 2.53. The number of ether oxygens (including phenoxy) is 1. The summed E-state index contributed by atoms with van der Waals surface area (Å²) in [4.78, 5) is 0. The fraction of sp³-hybridized carbons (Fsp3) is 0.500. The molecule has 128 valence electrons. The summed E-state index contributed by atoms with van der Waals surface area (Å²) in [5.74, 6) is 2.69. The standard InChI is InChI=1S/C16H16Cl3N3OS/c17-12-3-1-2-4-13(12)23-8-14-20-21-15(22(14)11-5-6-11)24-9-10-7-16(10,18)19/h1-4,10-11H,5-9H2/t10-/m1/s1. The number of thioether (sulfide) groups is 1. The molecule has 0 N–H and O–H groups in total. The third-order valence-electron chi connectivity index (χ3n) is 4.21. The van der Waals surface area contributed by atoms with Crippen molar-refractivity contribution >= 4 is 46.6 Å². The Balaban J connectivity index is 1.44. The highest BCUT2D eigenvalue weighted by Crippen LogP contribution is 2.55. The normalized spacial score (nSPS) is 21.7. The van der Waals surface area contributed by atoms with Gasteiger partial charge in [0.1, 0.15) is 16.7 Å². The van der Waals surface area contributed by atoms with E-state index in [0.29, 0.717) is 29.3 Å². The van der Waals surface area contributed by atoms with Gasteiger partial charge in [0.2, 0.25) is 0 Å². The Hall–Kier alpha value is -0.620. The van der Waals surface area contributed by atoms with Crippen molar-refractivity contribution in [1.82, 2.24) is 14.8 Å². The SMILES string of the molecule is Clc1ccccc1OCc1nnc(SC[C@H]2CC2(Cl)Cl)n1C1CC1. The van der Waals surface area contributed by atoms with Crippen molar-refractivity contribution in [1.29, 1.82) is 0 Å². The van der Waals surface area contributed by atoms with Crippen molar-refractivity contribution in [2.75, 3.05) is 5.75 Å². The minimum absolute atomic E-state index is 0.331. The molecule has 4 nitrogen and oxygen atoms in total. The largest absolute Gasteiger partial charge is 0.484 e. The van der Waals surface area contributed by atoms with E-state index >= 15 is 0 Å². The van der Waals surface area contributed by atoms with Crippen LogP contribution in [-0.4, -0.2) is 24.9 Å². The zero-order valence-corrected chi connectivity index (χ0v) is 15.9. The highest BCUT2D eigenvalue weighted by Gasteiger charge is 2.51. The molecule has 2 aliphatic rings. The van der Waals surface area contributed by atoms with Crippen LogP contribution in [-0.2, 0) is 6.61 Å². The molecule has 24 heavy (non-hydrogen) atoms. The molecule has 2 aliphatic carbocycles. The van der Waals surface area contributed by atoms with Crippen molar-refractivity contribution in [3.05, 3.63) is 35.1 Å². The second-order valence-electron chi connectivity index (χ2n) is 6.19. The van der Waals surface area contributed by atoms with Crippen LogP contribution in [0.5, 0.6) is 5.75 Å². The van der Waals surface area contributed by atoms with Crippen molar-refractivity contribution in [2.45, 2.75) is 41.4 Å². The predicted molar refractivity (Wildman–Crippen MR) is 97.3 cm³/mol. The molecule has 1 aromatic carbocycles. The molecule has 0 bridgehead atoms. The smallest absolute Gasteiger partial charge is 0.191 e. The molecule has 2 aromatic rings. The van der Waals surface area contributed by atoms with E-state index in [0.717, 1.165) is 36.0 Å². The van der Waals surface area contributed by atoms with Crippen LogP contribution in [0, 0.1) is 5.92 Å². The third kappa shape index (κ3) is 3.64. The summed E-state index contributed by atoms with van der Waals surface area (Å²) in [6.07, 6.45) is 3.16. The van der Waals surface area contributed by atoms with Crippen molar-refractivity contribution in [3.8, 4) is 5.75 Å². The first-order valence-electron chi connectivity index (χ1n) is 7.86. The lowest BCUT2D eigenvalue weighted by Crippen LogP contribution is -2.07. The van der Waals surface area contributed by atoms with E-state index in [9.17, 15) is 0 Å². The van der Waals surface area contributed by atoms with Crippen LogP contribution in [0.3, 0.4) is 0 Å². The summed E-state index contributed by atoms with van der Waals surface area (Å²) in [6, 6.07) is 7.91. The Morgan fingerprint density at radius 2 is 2.00 bits per heavy atom. The maximum atomic E-state index is 6.13. The van der Waals surface area contributed by atoms with Gasteiger partial charge in [-0.1, -0.05) is 35.5 Å². The van der Waals surface area contributed by atoms with Crippen LogP contribution in [0.4, 0.5) is 0 Å². The van der Waals surface area contributed by atoms with Crippen molar-refractivity contribution < 1.29 is 4.74 Å². The molecule has 0 spiro atoms. The molecule has 0 saturated heterocycles. The minimum atomic E-state index is -0.548. The molecule has 0 unspecified atom stereocenters. The number of nitrogens with zero attached hydrogens (tertiary/aromatic N) is 3. The molecule has 0 amide bonds. The van der Waals surface area contributed by atoms with E-state index in [1.54, 1.807) is 11.8 Å². The predicted octanol–water partition coefficient (Wildman–Crippen LogP) is 5.13. The van der Waals surface area contributed by atoms with Crippen LogP contribution in [0.15, 0.2) is 29.4 Å². The zero-order valence-electron chi connectivity index (χ0n) is 12.8. The van der Waals surface area contributed by atoms with E-state index in [1.807, 2.05) is 24.3 Å². The highest BCUT2D eigenvalue weighted by molar-refractivity contribution is 7.99. The first-order valence-corrected chi connectivity index (χ1v) is 9.98. The third-order valence-corrected chi connectivity index (χ3v) is 6.55. The van der Waals surface area contributed by atoms with Gasteiger partial charge in [-0.2, -0.15) is 0 Å². The van der Waals surface area contributed by atoms with Gasteiger partial charge in [-0.15, -0.1) is 33.4 Å².